The molecule has 1 saturated heterocycles. The molecule has 0 saturated carbocycles. The van der Waals surface area contributed by atoms with Gasteiger partial charge in [0.25, 0.3) is 5.91 Å². The highest BCUT2D eigenvalue weighted by Crippen LogP contribution is 2.33. The Bertz CT molecular complexity index is 650. The lowest BCUT2D eigenvalue weighted by Gasteiger charge is -2.23. The van der Waals surface area contributed by atoms with Crippen LogP contribution in [-0.2, 0) is 17.0 Å². The number of hydrogen-bond donors (Lipinski definition) is 2. The lowest BCUT2D eigenvalue weighted by Crippen LogP contribution is -2.40. The normalized spacial score (nSPS) is 21.7. The number of carboxylic acid groups (broad SMARTS) is 1. The number of amides is 1. The molecule has 0 atom stereocenters. The van der Waals surface area contributed by atoms with Gasteiger partial charge in [-0.15, -0.1) is 0 Å². The van der Waals surface area contributed by atoms with Gasteiger partial charge in [0.2, 0.25) is 0 Å². The van der Waals surface area contributed by atoms with Crippen LogP contribution in [0.4, 0.5) is 13.2 Å². The van der Waals surface area contributed by atoms with Crippen LogP contribution in [0.15, 0.2) is 18.2 Å². The zero-order chi connectivity index (χ0) is 17.2. The van der Waals surface area contributed by atoms with E-state index in [9.17, 15) is 27.0 Å². The summed E-state index contributed by atoms with van der Waals surface area (Å²) in [6.45, 7) is 0. The molecule has 0 spiro atoms. The average Bonchev–Trinajstić information content (AvgIpc) is 2.48. The number of carbonyl (C=O) groups excluding carboxylic acids is 1. The van der Waals surface area contributed by atoms with E-state index in [4.69, 9.17) is 5.11 Å². The Morgan fingerprint density at radius 1 is 1.22 bits per heavy atom. The van der Waals surface area contributed by atoms with Gasteiger partial charge in [-0.3, -0.25) is 9.00 Å². The third kappa shape index (κ3) is 4.31. The third-order valence-electron chi connectivity index (χ3n) is 3.54. The molecule has 23 heavy (non-hydrogen) atoms. The van der Waals surface area contributed by atoms with Gasteiger partial charge in [0.15, 0.2) is 0 Å². The number of carboxylic acids is 1. The fraction of sp³-hybridized carbons (Fsp3) is 0.429. The number of carbonyl (C=O) groups is 2. The summed E-state index contributed by atoms with van der Waals surface area (Å²) in [6.07, 6.45) is -3.97. The predicted octanol–water partition coefficient (Wildman–Crippen LogP) is 2.04. The second-order valence-electron chi connectivity index (χ2n) is 5.16. The van der Waals surface area contributed by atoms with Crippen LogP contribution in [0.3, 0.4) is 0 Å². The minimum absolute atomic E-state index is 0.333. The molecule has 1 aromatic rings. The summed E-state index contributed by atoms with van der Waals surface area (Å²) in [4.78, 5) is 22.9. The smallest absolute Gasteiger partial charge is 0.417 e. The van der Waals surface area contributed by atoms with Crippen LogP contribution in [0.25, 0.3) is 0 Å². The van der Waals surface area contributed by atoms with Gasteiger partial charge in [0.1, 0.15) is 0 Å². The van der Waals surface area contributed by atoms with E-state index in [-0.39, 0.29) is 6.04 Å². The molecule has 0 radical (unpaired) electrons. The van der Waals surface area contributed by atoms with E-state index in [0.29, 0.717) is 30.4 Å². The van der Waals surface area contributed by atoms with Gasteiger partial charge >= 0.3 is 12.1 Å². The van der Waals surface area contributed by atoms with Gasteiger partial charge in [-0.25, -0.2) is 4.79 Å². The van der Waals surface area contributed by atoms with Gasteiger partial charge in [-0.1, -0.05) is 0 Å². The summed E-state index contributed by atoms with van der Waals surface area (Å²) >= 11 is 0. The van der Waals surface area contributed by atoms with Gasteiger partial charge in [0.05, 0.1) is 16.7 Å². The molecule has 1 fully saturated rings. The van der Waals surface area contributed by atoms with Crippen LogP contribution in [-0.4, -0.2) is 38.7 Å². The van der Waals surface area contributed by atoms with Crippen LogP contribution in [0, 0.1) is 0 Å². The highest BCUT2D eigenvalue weighted by Gasteiger charge is 2.36. The first-order valence-corrected chi connectivity index (χ1v) is 8.27. The Morgan fingerprint density at radius 3 is 2.35 bits per heavy atom. The van der Waals surface area contributed by atoms with Crippen molar-refractivity contribution >= 4 is 22.7 Å². The number of benzene rings is 1. The summed E-state index contributed by atoms with van der Waals surface area (Å²) in [5.41, 5.74) is -2.44. The summed E-state index contributed by atoms with van der Waals surface area (Å²) in [5.74, 6) is -1.62. The van der Waals surface area contributed by atoms with Crippen LogP contribution < -0.4 is 5.32 Å². The first kappa shape index (κ1) is 17.5. The monoisotopic (exact) mass is 349 g/mol. The predicted molar refractivity (Wildman–Crippen MR) is 76.8 cm³/mol. The number of halogens is 3. The van der Waals surface area contributed by atoms with Crippen molar-refractivity contribution in [3.05, 3.63) is 34.9 Å². The molecule has 2 N–H and O–H groups in total. The number of nitrogens with one attached hydrogen (secondary N) is 1. The van der Waals surface area contributed by atoms with Crippen LogP contribution >= 0.6 is 0 Å². The van der Waals surface area contributed by atoms with Crippen molar-refractivity contribution < 1.29 is 32.1 Å². The first-order valence-electron chi connectivity index (χ1n) is 6.79. The first-order chi connectivity index (χ1) is 10.7. The lowest BCUT2D eigenvalue weighted by molar-refractivity contribution is -0.138. The topological polar surface area (TPSA) is 83.5 Å². The number of alkyl halides is 3. The molecule has 9 heteroatoms. The van der Waals surface area contributed by atoms with Crippen molar-refractivity contribution in [3.63, 3.8) is 0 Å². The minimum Gasteiger partial charge on any atom is -0.478 e. The molecule has 0 aliphatic carbocycles. The highest BCUT2D eigenvalue weighted by atomic mass is 32.2. The van der Waals surface area contributed by atoms with E-state index in [0.717, 1.165) is 12.1 Å². The molecule has 0 bridgehead atoms. The molecule has 1 aliphatic rings. The summed E-state index contributed by atoms with van der Waals surface area (Å²) < 4.78 is 50.5. The molecular weight excluding hydrogens is 335 g/mol. The maximum atomic E-state index is 13.1. The molecule has 2 rings (SSSR count). The Morgan fingerprint density at radius 2 is 1.83 bits per heavy atom. The zero-order valence-corrected chi connectivity index (χ0v) is 12.7. The second kappa shape index (κ2) is 6.69. The Kier molecular flexibility index (Phi) is 5.08. The molecule has 126 valence electrons. The molecule has 0 unspecified atom stereocenters. The molecule has 5 nitrogen and oxygen atoms in total. The van der Waals surface area contributed by atoms with Crippen molar-refractivity contribution in [2.45, 2.75) is 25.1 Å². The quantitative estimate of drug-likeness (QED) is 0.875. The van der Waals surface area contributed by atoms with Crippen molar-refractivity contribution in [1.82, 2.24) is 5.32 Å². The molecular formula is C14H14F3NO4S. The maximum absolute atomic E-state index is 13.1. The maximum Gasteiger partial charge on any atom is 0.417 e. The zero-order valence-electron chi connectivity index (χ0n) is 11.9. The van der Waals surface area contributed by atoms with E-state index in [1.165, 1.54) is 0 Å². The number of hydrogen-bond acceptors (Lipinski definition) is 3. The van der Waals surface area contributed by atoms with Crippen molar-refractivity contribution in [3.8, 4) is 0 Å². The van der Waals surface area contributed by atoms with E-state index in [1.54, 1.807) is 0 Å². The van der Waals surface area contributed by atoms with E-state index in [2.05, 4.69) is 5.32 Å². The van der Waals surface area contributed by atoms with E-state index >= 15 is 0 Å². The van der Waals surface area contributed by atoms with Crippen molar-refractivity contribution in [1.29, 1.82) is 0 Å². The number of aromatic carboxylic acids is 1. The van der Waals surface area contributed by atoms with Gasteiger partial charge < -0.3 is 10.4 Å². The third-order valence-corrected chi connectivity index (χ3v) is 4.92. The summed E-state index contributed by atoms with van der Waals surface area (Å²) in [5, 5.41) is 11.3. The van der Waals surface area contributed by atoms with Crippen LogP contribution in [0.2, 0.25) is 0 Å². The molecule has 1 aromatic carbocycles. The average molecular weight is 349 g/mol. The summed E-state index contributed by atoms with van der Waals surface area (Å²) in [6, 6.07) is 1.94. The molecule has 1 heterocycles. The van der Waals surface area contributed by atoms with Crippen molar-refractivity contribution in [2.75, 3.05) is 11.5 Å². The lowest BCUT2D eigenvalue weighted by atomic mass is 10.0. The Balaban J connectivity index is 2.25. The molecule has 1 amide bonds. The van der Waals surface area contributed by atoms with E-state index < -0.39 is 45.5 Å². The number of rotatable bonds is 3. The van der Waals surface area contributed by atoms with Gasteiger partial charge in [0, 0.05) is 28.3 Å². The standard InChI is InChI=1S/C14H14F3NO4S/c15-14(16,17)11-7-8(13(20)21)1-2-10(11)12(19)18-9-3-5-23(22)6-4-9/h1-2,7,9H,3-6H2,(H,18,19)(H,20,21). The fourth-order valence-corrected chi connectivity index (χ4v) is 3.61. The molecule has 0 aromatic heterocycles. The fourth-order valence-electron chi connectivity index (χ4n) is 2.31. The van der Waals surface area contributed by atoms with Crippen LogP contribution in [0.1, 0.15) is 39.1 Å². The van der Waals surface area contributed by atoms with Gasteiger partial charge in [-0.05, 0) is 31.0 Å². The van der Waals surface area contributed by atoms with Crippen LogP contribution in [0.5, 0.6) is 0 Å². The van der Waals surface area contributed by atoms with Crippen molar-refractivity contribution in [2.24, 2.45) is 0 Å². The largest absolute Gasteiger partial charge is 0.478 e. The van der Waals surface area contributed by atoms with Gasteiger partial charge in [-0.2, -0.15) is 13.2 Å². The summed E-state index contributed by atoms with van der Waals surface area (Å²) in [7, 11) is -0.944. The SMILES string of the molecule is O=C(O)c1ccc(C(=O)NC2CCS(=O)CC2)c(C(F)(F)F)c1. The second-order valence-corrected chi connectivity index (χ2v) is 6.86. The Hall–Kier alpha value is -1.90. The van der Waals surface area contributed by atoms with E-state index in [1.807, 2.05) is 0 Å². The Labute approximate surface area is 132 Å². The highest BCUT2D eigenvalue weighted by molar-refractivity contribution is 7.85. The molecule has 1 aliphatic heterocycles. The minimum atomic E-state index is -4.84.